The minimum atomic E-state index is 0.323. The van der Waals surface area contributed by atoms with E-state index in [0.29, 0.717) is 12.0 Å². The number of fused-ring (bicyclic) bond motifs is 1. The Labute approximate surface area is 177 Å². The summed E-state index contributed by atoms with van der Waals surface area (Å²) in [5, 5.41) is 15.1. The summed E-state index contributed by atoms with van der Waals surface area (Å²) >= 11 is 3.60. The minimum Gasteiger partial charge on any atom is -0.366 e. The van der Waals surface area contributed by atoms with Crippen molar-refractivity contribution >= 4 is 27.6 Å². The molecule has 0 radical (unpaired) electrons. The van der Waals surface area contributed by atoms with Gasteiger partial charge >= 0.3 is 0 Å². The molecule has 3 N–H and O–H groups in total. The highest BCUT2D eigenvalue weighted by atomic mass is 79.9. The molecule has 7 heteroatoms. The highest BCUT2D eigenvalue weighted by Crippen LogP contribution is 2.32. The number of hydrogen-bond donors (Lipinski definition) is 3. The molecule has 0 aromatic carbocycles. The molecule has 4 heterocycles. The van der Waals surface area contributed by atoms with Crippen molar-refractivity contribution in [1.82, 2.24) is 25.4 Å². The van der Waals surface area contributed by atoms with E-state index in [9.17, 15) is 0 Å². The second-order valence-corrected chi connectivity index (χ2v) is 7.13. The van der Waals surface area contributed by atoms with Crippen molar-refractivity contribution in [2.24, 2.45) is 5.92 Å². The maximum Gasteiger partial charge on any atom is 0.146 e. The molecule has 28 heavy (non-hydrogen) atoms. The number of piperidine rings is 1. The standard InChI is InChI=1S/C17H21BrN6.2C2H6/c18-14-11-22-24-16(21-10-12-2-1-5-20-9-12)8-15(23-17(14)24)13-3-6-19-7-4-13;2*1-2/h1-2,5,8-9,11,13,15,19,21,23H,3-4,6-7,10H2;2*1-2H3. The van der Waals surface area contributed by atoms with Gasteiger partial charge in [0, 0.05) is 18.9 Å². The molecular formula is C21H33BrN6. The van der Waals surface area contributed by atoms with Crippen molar-refractivity contribution in [3.8, 4) is 0 Å². The second-order valence-electron chi connectivity index (χ2n) is 6.28. The van der Waals surface area contributed by atoms with E-state index in [0.717, 1.165) is 41.3 Å². The molecule has 2 aliphatic rings. The van der Waals surface area contributed by atoms with Gasteiger partial charge in [0.25, 0.3) is 0 Å². The maximum atomic E-state index is 4.48. The summed E-state index contributed by atoms with van der Waals surface area (Å²) in [7, 11) is 0. The first-order chi connectivity index (χ1) is 13.8. The fourth-order valence-corrected chi connectivity index (χ4v) is 3.74. The third-order valence-electron chi connectivity index (χ3n) is 4.68. The van der Waals surface area contributed by atoms with Gasteiger partial charge in [-0.1, -0.05) is 33.8 Å². The molecule has 2 aliphatic heterocycles. The zero-order valence-electron chi connectivity index (χ0n) is 17.4. The van der Waals surface area contributed by atoms with Crippen LogP contribution in [0, 0.1) is 5.92 Å². The van der Waals surface area contributed by atoms with Crippen molar-refractivity contribution < 1.29 is 0 Å². The van der Waals surface area contributed by atoms with E-state index in [1.807, 2.05) is 50.8 Å². The van der Waals surface area contributed by atoms with Crippen molar-refractivity contribution in [3.05, 3.63) is 46.8 Å². The number of rotatable bonds is 4. The lowest BCUT2D eigenvalue weighted by Crippen LogP contribution is -2.40. The van der Waals surface area contributed by atoms with Gasteiger partial charge in [-0.2, -0.15) is 5.10 Å². The van der Waals surface area contributed by atoms with E-state index < -0.39 is 0 Å². The minimum absolute atomic E-state index is 0.323. The number of hydrogen-bond acceptors (Lipinski definition) is 5. The first-order valence-electron chi connectivity index (χ1n) is 10.4. The maximum absolute atomic E-state index is 4.48. The van der Waals surface area contributed by atoms with E-state index in [1.165, 1.54) is 12.8 Å². The van der Waals surface area contributed by atoms with Gasteiger partial charge in [-0.15, -0.1) is 0 Å². The second kappa shape index (κ2) is 11.9. The molecular weight excluding hydrogens is 416 g/mol. The Hall–Kier alpha value is -1.86. The predicted octanol–water partition coefficient (Wildman–Crippen LogP) is 4.47. The molecule has 4 rings (SSSR count). The topological polar surface area (TPSA) is 66.8 Å². The third kappa shape index (κ3) is 5.58. The van der Waals surface area contributed by atoms with E-state index in [1.54, 1.807) is 6.20 Å². The lowest BCUT2D eigenvalue weighted by Gasteiger charge is -2.33. The number of nitrogens with one attached hydrogen (secondary N) is 3. The Kier molecular flexibility index (Phi) is 9.50. The lowest BCUT2D eigenvalue weighted by molar-refractivity contribution is 0.355. The Morgan fingerprint density at radius 2 is 1.93 bits per heavy atom. The largest absolute Gasteiger partial charge is 0.366 e. The molecule has 0 bridgehead atoms. The van der Waals surface area contributed by atoms with E-state index in [4.69, 9.17) is 0 Å². The zero-order chi connectivity index (χ0) is 20.4. The van der Waals surface area contributed by atoms with Crippen molar-refractivity contribution in [2.75, 3.05) is 18.4 Å². The summed E-state index contributed by atoms with van der Waals surface area (Å²) in [5.74, 6) is 2.69. The van der Waals surface area contributed by atoms with Gasteiger partial charge < -0.3 is 16.0 Å². The monoisotopic (exact) mass is 448 g/mol. The fourth-order valence-electron chi connectivity index (χ4n) is 3.37. The Bertz CT molecular complexity index is 722. The number of halogens is 1. The van der Waals surface area contributed by atoms with Crippen molar-refractivity contribution in [1.29, 1.82) is 0 Å². The van der Waals surface area contributed by atoms with Gasteiger partial charge in [-0.05, 0) is 65.5 Å². The van der Waals surface area contributed by atoms with Crippen LogP contribution >= 0.6 is 15.9 Å². The van der Waals surface area contributed by atoms with Crippen LogP contribution < -0.4 is 16.0 Å². The summed E-state index contributed by atoms with van der Waals surface area (Å²) < 4.78 is 2.92. The van der Waals surface area contributed by atoms with Gasteiger partial charge in [-0.25, -0.2) is 4.68 Å². The van der Waals surface area contributed by atoms with Gasteiger partial charge in [0.1, 0.15) is 11.6 Å². The molecule has 1 saturated heterocycles. The number of anilines is 1. The first-order valence-corrected chi connectivity index (χ1v) is 11.2. The van der Waals surface area contributed by atoms with Crippen LogP contribution in [0.15, 0.2) is 41.3 Å². The quantitative estimate of drug-likeness (QED) is 0.643. The molecule has 0 saturated carbocycles. The average molecular weight is 449 g/mol. The van der Waals surface area contributed by atoms with Crippen LogP contribution in [-0.4, -0.2) is 33.9 Å². The van der Waals surface area contributed by atoms with E-state index >= 15 is 0 Å². The molecule has 1 unspecified atom stereocenters. The van der Waals surface area contributed by atoms with E-state index in [2.05, 4.69) is 54.1 Å². The molecule has 0 spiro atoms. The van der Waals surface area contributed by atoms with Crippen LogP contribution in [0.2, 0.25) is 0 Å². The molecule has 2 aromatic rings. The SMILES string of the molecule is Brc1cnn2c1NC(C1CCNCC1)C=C2NCc1cccnc1.CC.CC. The number of aromatic nitrogens is 3. The molecule has 6 nitrogen and oxygen atoms in total. The number of pyridine rings is 1. The summed E-state index contributed by atoms with van der Waals surface area (Å²) in [6.45, 7) is 10.9. The Morgan fingerprint density at radius 3 is 2.61 bits per heavy atom. The number of nitrogens with zero attached hydrogens (tertiary/aromatic N) is 3. The summed E-state index contributed by atoms with van der Waals surface area (Å²) in [5.41, 5.74) is 1.16. The molecule has 154 valence electrons. The Balaban J connectivity index is 0.000000660. The van der Waals surface area contributed by atoms with Crippen LogP contribution in [0.4, 0.5) is 5.82 Å². The van der Waals surface area contributed by atoms with Gasteiger partial charge in [0.2, 0.25) is 0 Å². The van der Waals surface area contributed by atoms with Crippen molar-refractivity contribution in [3.63, 3.8) is 0 Å². The highest BCUT2D eigenvalue weighted by Gasteiger charge is 2.28. The van der Waals surface area contributed by atoms with Gasteiger partial charge in [-0.3, -0.25) is 4.98 Å². The van der Waals surface area contributed by atoms with Crippen molar-refractivity contribution in [2.45, 2.75) is 53.1 Å². The van der Waals surface area contributed by atoms with E-state index in [-0.39, 0.29) is 0 Å². The van der Waals surface area contributed by atoms with Crippen LogP contribution in [0.1, 0.15) is 46.1 Å². The molecule has 2 aromatic heterocycles. The molecule has 1 atom stereocenters. The smallest absolute Gasteiger partial charge is 0.146 e. The highest BCUT2D eigenvalue weighted by molar-refractivity contribution is 9.10. The van der Waals surface area contributed by atoms with Crippen LogP contribution in [0.25, 0.3) is 5.82 Å². The molecule has 0 aliphatic carbocycles. The third-order valence-corrected chi connectivity index (χ3v) is 5.26. The van der Waals surface area contributed by atoms with Gasteiger partial charge in [0.15, 0.2) is 0 Å². The summed E-state index contributed by atoms with van der Waals surface area (Å²) in [4.78, 5) is 4.18. The lowest BCUT2D eigenvalue weighted by atomic mass is 9.89. The normalized spacial score (nSPS) is 18.3. The zero-order valence-corrected chi connectivity index (χ0v) is 19.0. The van der Waals surface area contributed by atoms with Crippen LogP contribution in [0.3, 0.4) is 0 Å². The fraction of sp³-hybridized carbons (Fsp3) is 0.524. The predicted molar refractivity (Wildman–Crippen MR) is 121 cm³/mol. The van der Waals surface area contributed by atoms with Crippen LogP contribution in [-0.2, 0) is 6.54 Å². The summed E-state index contributed by atoms with van der Waals surface area (Å²) in [6, 6.07) is 4.36. The first kappa shape index (κ1) is 22.4. The Morgan fingerprint density at radius 1 is 1.18 bits per heavy atom. The molecule has 0 amide bonds. The summed E-state index contributed by atoms with van der Waals surface area (Å²) in [6.07, 6.45) is 10.2. The van der Waals surface area contributed by atoms with Gasteiger partial charge in [0.05, 0.1) is 16.7 Å². The van der Waals surface area contributed by atoms with Crippen LogP contribution in [0.5, 0.6) is 0 Å². The molecule has 1 fully saturated rings. The average Bonchev–Trinajstić information content (AvgIpc) is 3.17.